The summed E-state index contributed by atoms with van der Waals surface area (Å²) >= 11 is 0. The van der Waals surface area contributed by atoms with E-state index in [1.807, 2.05) is 37.3 Å². The maximum absolute atomic E-state index is 13.0. The topological polar surface area (TPSA) is 46.0 Å². The molecule has 21 heavy (non-hydrogen) atoms. The van der Waals surface area contributed by atoms with E-state index in [0.717, 1.165) is 17.1 Å². The fourth-order valence-electron chi connectivity index (χ4n) is 2.48. The summed E-state index contributed by atoms with van der Waals surface area (Å²) in [4.78, 5) is 8.34. The Morgan fingerprint density at radius 3 is 2.71 bits per heavy atom. The maximum atomic E-state index is 13.0. The van der Waals surface area contributed by atoms with Crippen LogP contribution in [-0.4, -0.2) is 15.1 Å². The number of aromatic nitrogens is 2. The summed E-state index contributed by atoms with van der Waals surface area (Å²) in [5.41, 5.74) is 0.695. The van der Waals surface area contributed by atoms with E-state index >= 15 is 0 Å². The molecule has 0 fully saturated rings. The average molecular weight is 282 g/mol. The van der Waals surface area contributed by atoms with Crippen molar-refractivity contribution in [3.8, 4) is 0 Å². The normalized spacial score (nSPS) is 14.0. The summed E-state index contributed by atoms with van der Waals surface area (Å²) < 4.78 is 13.0. The molecule has 1 unspecified atom stereocenters. The molecule has 3 rings (SSSR count). The number of halogens is 1. The van der Waals surface area contributed by atoms with E-state index in [9.17, 15) is 9.50 Å². The molecule has 0 saturated carbocycles. The molecule has 0 spiro atoms. The molecular formula is C17H15FN2O. The van der Waals surface area contributed by atoms with Crippen LogP contribution in [0.4, 0.5) is 4.39 Å². The first-order valence-corrected chi connectivity index (χ1v) is 6.83. The van der Waals surface area contributed by atoms with Gasteiger partial charge in [0.05, 0.1) is 17.4 Å². The van der Waals surface area contributed by atoms with E-state index < -0.39 is 11.4 Å². The van der Waals surface area contributed by atoms with Gasteiger partial charge in [-0.25, -0.2) is 4.39 Å². The van der Waals surface area contributed by atoms with Crippen molar-refractivity contribution < 1.29 is 9.50 Å². The molecule has 3 nitrogen and oxygen atoms in total. The minimum absolute atomic E-state index is 0.419. The second-order valence-corrected chi connectivity index (χ2v) is 4.99. The van der Waals surface area contributed by atoms with Crippen molar-refractivity contribution in [2.45, 2.75) is 18.9 Å². The van der Waals surface area contributed by atoms with Crippen molar-refractivity contribution >= 4 is 10.9 Å². The molecule has 0 aliphatic heterocycles. The molecule has 2 heterocycles. The number of aliphatic hydroxyl groups is 1. The van der Waals surface area contributed by atoms with Crippen molar-refractivity contribution in [3.05, 3.63) is 71.9 Å². The molecule has 1 atom stereocenters. The Kier molecular flexibility index (Phi) is 3.39. The number of hydrogen-bond donors (Lipinski definition) is 1. The highest BCUT2D eigenvalue weighted by Crippen LogP contribution is 2.32. The van der Waals surface area contributed by atoms with Gasteiger partial charge in [0, 0.05) is 11.6 Å². The van der Waals surface area contributed by atoms with Gasteiger partial charge in [-0.3, -0.25) is 9.97 Å². The van der Waals surface area contributed by atoms with E-state index in [2.05, 4.69) is 9.97 Å². The molecule has 106 valence electrons. The van der Waals surface area contributed by atoms with Gasteiger partial charge in [0.1, 0.15) is 11.4 Å². The standard InChI is InChI=1S/C17H15FN2O/c1-2-17(21,16-8-7-14(18)11-20-16)13-6-5-12-4-3-9-19-15(12)10-13/h3-11,21H,2H2,1H3. The first-order chi connectivity index (χ1) is 10.1. The monoisotopic (exact) mass is 282 g/mol. The predicted octanol–water partition coefficient (Wildman–Crippen LogP) is 3.41. The molecule has 0 saturated heterocycles. The lowest BCUT2D eigenvalue weighted by atomic mass is 9.87. The van der Waals surface area contributed by atoms with Crippen molar-refractivity contribution in [3.63, 3.8) is 0 Å². The van der Waals surface area contributed by atoms with Gasteiger partial charge in [0.15, 0.2) is 0 Å². The highest BCUT2D eigenvalue weighted by molar-refractivity contribution is 5.79. The summed E-state index contributed by atoms with van der Waals surface area (Å²) in [6.45, 7) is 1.87. The zero-order valence-corrected chi connectivity index (χ0v) is 11.6. The summed E-state index contributed by atoms with van der Waals surface area (Å²) in [5.74, 6) is -0.419. The lowest BCUT2D eigenvalue weighted by Crippen LogP contribution is -2.27. The van der Waals surface area contributed by atoms with Crippen molar-refractivity contribution in [1.82, 2.24) is 9.97 Å². The number of rotatable bonds is 3. The van der Waals surface area contributed by atoms with Gasteiger partial charge in [-0.2, -0.15) is 0 Å². The second kappa shape index (κ2) is 5.22. The van der Waals surface area contributed by atoms with Gasteiger partial charge in [-0.15, -0.1) is 0 Å². The van der Waals surface area contributed by atoms with Crippen LogP contribution in [-0.2, 0) is 5.60 Å². The molecule has 0 aliphatic rings. The summed E-state index contributed by atoms with van der Waals surface area (Å²) in [6.07, 6.45) is 3.27. The van der Waals surface area contributed by atoms with E-state index in [-0.39, 0.29) is 0 Å². The van der Waals surface area contributed by atoms with Gasteiger partial charge in [0.2, 0.25) is 0 Å². The minimum atomic E-state index is -1.25. The second-order valence-electron chi connectivity index (χ2n) is 4.99. The number of pyridine rings is 2. The molecule has 0 aliphatic carbocycles. The SMILES string of the molecule is CCC(O)(c1ccc2cccnc2c1)c1ccc(F)cn1. The van der Waals surface area contributed by atoms with E-state index in [0.29, 0.717) is 17.7 Å². The zero-order chi connectivity index (χ0) is 14.9. The van der Waals surface area contributed by atoms with Crippen molar-refractivity contribution in [2.24, 2.45) is 0 Å². The number of nitrogens with zero attached hydrogens (tertiary/aromatic N) is 2. The largest absolute Gasteiger partial charge is 0.379 e. The van der Waals surface area contributed by atoms with E-state index in [1.165, 1.54) is 12.1 Å². The Bertz CT molecular complexity index is 773. The van der Waals surface area contributed by atoms with Gasteiger partial charge in [-0.1, -0.05) is 25.1 Å². The fourth-order valence-corrected chi connectivity index (χ4v) is 2.48. The van der Waals surface area contributed by atoms with Gasteiger partial charge in [0.25, 0.3) is 0 Å². The average Bonchev–Trinajstić information content (AvgIpc) is 2.54. The molecular weight excluding hydrogens is 267 g/mol. The van der Waals surface area contributed by atoms with Crippen LogP contribution in [0.25, 0.3) is 10.9 Å². The highest BCUT2D eigenvalue weighted by Gasteiger charge is 2.31. The minimum Gasteiger partial charge on any atom is -0.379 e. The third kappa shape index (κ3) is 2.38. The smallest absolute Gasteiger partial charge is 0.141 e. The van der Waals surface area contributed by atoms with Crippen LogP contribution in [0.1, 0.15) is 24.6 Å². The van der Waals surface area contributed by atoms with E-state index in [1.54, 1.807) is 6.20 Å². The number of fused-ring (bicyclic) bond motifs is 1. The fraction of sp³-hybridized carbons (Fsp3) is 0.176. The van der Waals surface area contributed by atoms with Crippen LogP contribution in [0.2, 0.25) is 0 Å². The third-order valence-electron chi connectivity index (χ3n) is 3.75. The highest BCUT2D eigenvalue weighted by atomic mass is 19.1. The molecule has 0 amide bonds. The lowest BCUT2D eigenvalue weighted by Gasteiger charge is -2.27. The molecule has 1 aromatic carbocycles. The maximum Gasteiger partial charge on any atom is 0.141 e. The zero-order valence-electron chi connectivity index (χ0n) is 11.6. The van der Waals surface area contributed by atoms with Crippen LogP contribution in [0, 0.1) is 5.82 Å². The Morgan fingerprint density at radius 1 is 1.14 bits per heavy atom. The number of hydrogen-bond acceptors (Lipinski definition) is 3. The van der Waals surface area contributed by atoms with E-state index in [4.69, 9.17) is 0 Å². The van der Waals surface area contributed by atoms with Crippen LogP contribution < -0.4 is 0 Å². The molecule has 4 heteroatoms. The van der Waals surface area contributed by atoms with Crippen LogP contribution >= 0.6 is 0 Å². The molecule has 3 aromatic rings. The van der Waals surface area contributed by atoms with Gasteiger partial charge < -0.3 is 5.11 Å². The van der Waals surface area contributed by atoms with Crippen molar-refractivity contribution in [1.29, 1.82) is 0 Å². The Hall–Kier alpha value is -2.33. The number of benzene rings is 1. The van der Waals surface area contributed by atoms with Crippen LogP contribution in [0.15, 0.2) is 54.9 Å². The van der Waals surface area contributed by atoms with Gasteiger partial charge >= 0.3 is 0 Å². The van der Waals surface area contributed by atoms with Gasteiger partial charge in [-0.05, 0) is 36.2 Å². The summed E-state index contributed by atoms with van der Waals surface area (Å²) in [7, 11) is 0. The first-order valence-electron chi connectivity index (χ1n) is 6.83. The Balaban J connectivity index is 2.14. The summed E-state index contributed by atoms with van der Waals surface area (Å²) in [6, 6.07) is 12.3. The lowest BCUT2D eigenvalue weighted by molar-refractivity contribution is 0.0719. The van der Waals surface area contributed by atoms with Crippen LogP contribution in [0.5, 0.6) is 0 Å². The van der Waals surface area contributed by atoms with Crippen molar-refractivity contribution in [2.75, 3.05) is 0 Å². The molecule has 1 N–H and O–H groups in total. The molecule has 0 bridgehead atoms. The molecule has 0 radical (unpaired) electrons. The van der Waals surface area contributed by atoms with Crippen LogP contribution in [0.3, 0.4) is 0 Å². The quantitative estimate of drug-likeness (QED) is 0.800. The first kappa shape index (κ1) is 13.6. The third-order valence-corrected chi connectivity index (χ3v) is 3.75. The molecule has 2 aromatic heterocycles. The Labute approximate surface area is 122 Å². The predicted molar refractivity (Wildman–Crippen MR) is 79.2 cm³/mol. The Morgan fingerprint density at radius 2 is 2.00 bits per heavy atom. The summed E-state index contributed by atoms with van der Waals surface area (Å²) in [5, 5.41) is 12.0.